The zero-order chi connectivity index (χ0) is 29.8. The SMILES string of the molecule is Cc1c(C(c2c(C)n(C)n(-c3ccccc3)c2=O)c2c3ccccc3cc3ccccc23)c(=O)n(-c2ccccc2)n1C. The molecule has 0 amide bonds. The van der Waals surface area contributed by atoms with Crippen molar-refractivity contribution in [3.05, 3.63) is 164 Å². The maximum Gasteiger partial charge on any atom is 0.275 e. The van der Waals surface area contributed by atoms with Crippen LogP contribution in [0.4, 0.5) is 0 Å². The van der Waals surface area contributed by atoms with Crippen molar-refractivity contribution in [2.24, 2.45) is 14.1 Å². The molecule has 43 heavy (non-hydrogen) atoms. The highest BCUT2D eigenvalue weighted by molar-refractivity contribution is 6.03. The van der Waals surface area contributed by atoms with Crippen LogP contribution in [-0.4, -0.2) is 18.7 Å². The lowest BCUT2D eigenvalue weighted by Gasteiger charge is -2.21. The summed E-state index contributed by atoms with van der Waals surface area (Å²) >= 11 is 0. The van der Waals surface area contributed by atoms with E-state index in [9.17, 15) is 9.59 Å². The first-order chi connectivity index (χ1) is 20.9. The number of hydrogen-bond acceptors (Lipinski definition) is 2. The minimum atomic E-state index is -0.622. The van der Waals surface area contributed by atoms with E-state index in [0.717, 1.165) is 49.9 Å². The van der Waals surface area contributed by atoms with Crippen molar-refractivity contribution in [1.82, 2.24) is 18.7 Å². The predicted octanol–water partition coefficient (Wildman–Crippen LogP) is 6.77. The summed E-state index contributed by atoms with van der Waals surface area (Å²) < 4.78 is 7.22. The molecule has 7 rings (SSSR count). The zero-order valence-electron chi connectivity index (χ0n) is 24.7. The van der Waals surface area contributed by atoms with Crippen LogP contribution in [0.1, 0.15) is 34.0 Å². The van der Waals surface area contributed by atoms with E-state index in [0.29, 0.717) is 11.1 Å². The monoisotopic (exact) mass is 564 g/mol. The van der Waals surface area contributed by atoms with Crippen molar-refractivity contribution in [3.8, 4) is 11.4 Å². The van der Waals surface area contributed by atoms with E-state index in [2.05, 4.69) is 30.3 Å². The molecule has 0 aliphatic rings. The van der Waals surface area contributed by atoms with Crippen LogP contribution in [0.5, 0.6) is 0 Å². The highest BCUT2D eigenvalue weighted by atomic mass is 16.1. The Hall–Kier alpha value is -5.36. The third-order valence-electron chi connectivity index (χ3n) is 8.88. The summed E-state index contributed by atoms with van der Waals surface area (Å²) in [4.78, 5) is 29.4. The molecule has 0 aliphatic carbocycles. The molecule has 2 heterocycles. The largest absolute Gasteiger partial charge is 0.285 e. The van der Waals surface area contributed by atoms with Crippen molar-refractivity contribution in [3.63, 3.8) is 0 Å². The fourth-order valence-electron chi connectivity index (χ4n) is 6.64. The molecule has 2 aromatic heterocycles. The van der Waals surface area contributed by atoms with Gasteiger partial charge in [0, 0.05) is 31.4 Å². The van der Waals surface area contributed by atoms with Crippen molar-refractivity contribution < 1.29 is 0 Å². The number of aromatic nitrogens is 4. The molecule has 0 bridgehead atoms. The second-order valence-electron chi connectivity index (χ2n) is 11.1. The fourth-order valence-corrected chi connectivity index (χ4v) is 6.64. The number of hydrogen-bond donors (Lipinski definition) is 0. The first-order valence-electron chi connectivity index (χ1n) is 14.5. The molecule has 0 fully saturated rings. The van der Waals surface area contributed by atoms with Gasteiger partial charge in [-0.1, -0.05) is 84.9 Å². The van der Waals surface area contributed by atoms with Gasteiger partial charge < -0.3 is 0 Å². The van der Waals surface area contributed by atoms with Gasteiger partial charge in [0.1, 0.15) is 0 Å². The quantitative estimate of drug-likeness (QED) is 0.217. The van der Waals surface area contributed by atoms with E-state index in [1.807, 2.05) is 122 Å². The van der Waals surface area contributed by atoms with Crippen LogP contribution in [0.2, 0.25) is 0 Å². The normalized spacial score (nSPS) is 11.7. The Bertz CT molecular complexity index is 2110. The summed E-state index contributed by atoms with van der Waals surface area (Å²) in [6.07, 6.45) is 0. The summed E-state index contributed by atoms with van der Waals surface area (Å²) in [6.45, 7) is 3.95. The van der Waals surface area contributed by atoms with E-state index in [-0.39, 0.29) is 11.1 Å². The molecule has 0 N–H and O–H groups in total. The number of rotatable bonds is 5. The van der Waals surface area contributed by atoms with Gasteiger partial charge in [0.05, 0.1) is 22.5 Å². The van der Waals surface area contributed by atoms with Gasteiger partial charge in [0.25, 0.3) is 11.1 Å². The van der Waals surface area contributed by atoms with Crippen LogP contribution >= 0.6 is 0 Å². The van der Waals surface area contributed by atoms with Crippen molar-refractivity contribution in [1.29, 1.82) is 0 Å². The average Bonchev–Trinajstić information content (AvgIpc) is 3.39. The molecule has 5 aromatic carbocycles. The van der Waals surface area contributed by atoms with Gasteiger partial charge in [0.2, 0.25) is 0 Å². The molecule has 0 unspecified atom stereocenters. The standard InChI is InChI=1S/C37H32N4O2/c1-24-32(36(42)40(38(24)3)28-17-7-5-8-18-28)35(33-25(2)39(4)41(37(33)43)29-19-9-6-10-20-29)34-30-21-13-11-15-26(30)23-27-16-12-14-22-31(27)34/h5-23,35H,1-4H3. The molecule has 0 atom stereocenters. The van der Waals surface area contributed by atoms with Crippen LogP contribution in [0.3, 0.4) is 0 Å². The van der Waals surface area contributed by atoms with Crippen LogP contribution in [0.25, 0.3) is 32.9 Å². The molecule has 6 heteroatoms. The molecule has 6 nitrogen and oxygen atoms in total. The third-order valence-corrected chi connectivity index (χ3v) is 8.88. The first kappa shape index (κ1) is 26.5. The van der Waals surface area contributed by atoms with E-state index in [1.54, 1.807) is 9.36 Å². The molecule has 0 aliphatic heterocycles. The first-order valence-corrected chi connectivity index (χ1v) is 14.5. The van der Waals surface area contributed by atoms with Gasteiger partial charge in [-0.25, -0.2) is 9.36 Å². The number of para-hydroxylation sites is 2. The molecular weight excluding hydrogens is 532 g/mol. The number of fused-ring (bicyclic) bond motifs is 2. The third kappa shape index (κ3) is 4.02. The summed E-state index contributed by atoms with van der Waals surface area (Å²) in [5, 5.41) is 4.17. The summed E-state index contributed by atoms with van der Waals surface area (Å²) in [7, 11) is 3.82. The summed E-state index contributed by atoms with van der Waals surface area (Å²) in [5.74, 6) is -0.622. The fraction of sp³-hybridized carbons (Fsp3) is 0.135. The van der Waals surface area contributed by atoms with Gasteiger partial charge in [-0.05, 0) is 71.3 Å². The van der Waals surface area contributed by atoms with Crippen molar-refractivity contribution in [2.75, 3.05) is 0 Å². The van der Waals surface area contributed by atoms with Crippen LogP contribution in [0.15, 0.2) is 125 Å². The molecule has 0 radical (unpaired) electrons. The van der Waals surface area contributed by atoms with Crippen molar-refractivity contribution in [2.45, 2.75) is 19.8 Å². The summed E-state index contributed by atoms with van der Waals surface area (Å²) in [5.41, 5.74) is 5.05. The predicted molar refractivity (Wildman–Crippen MR) is 174 cm³/mol. The van der Waals surface area contributed by atoms with Gasteiger partial charge in [0.15, 0.2) is 0 Å². The molecule has 0 saturated heterocycles. The lowest BCUT2D eigenvalue weighted by atomic mass is 9.80. The molecule has 7 aromatic rings. The minimum absolute atomic E-state index is 0.137. The molecule has 212 valence electrons. The van der Waals surface area contributed by atoms with Gasteiger partial charge in [-0.15, -0.1) is 0 Å². The van der Waals surface area contributed by atoms with Gasteiger partial charge in [-0.2, -0.15) is 0 Å². The average molecular weight is 565 g/mol. The highest BCUT2D eigenvalue weighted by Gasteiger charge is 2.34. The highest BCUT2D eigenvalue weighted by Crippen LogP contribution is 2.41. The molecular formula is C37H32N4O2. The Kier molecular flexibility index (Phi) is 6.28. The van der Waals surface area contributed by atoms with Gasteiger partial charge >= 0.3 is 0 Å². The number of nitrogens with zero attached hydrogens (tertiary/aromatic N) is 4. The van der Waals surface area contributed by atoms with E-state index < -0.39 is 5.92 Å². The maximum absolute atomic E-state index is 14.7. The smallest absolute Gasteiger partial charge is 0.275 e. The Balaban J connectivity index is 1.66. The lowest BCUT2D eigenvalue weighted by Crippen LogP contribution is -2.26. The Morgan fingerprint density at radius 1 is 0.488 bits per heavy atom. The lowest BCUT2D eigenvalue weighted by molar-refractivity contribution is 0.630. The van der Waals surface area contributed by atoms with Crippen molar-refractivity contribution >= 4 is 21.5 Å². The second kappa shape index (κ2) is 10.2. The molecule has 0 saturated carbocycles. The van der Waals surface area contributed by atoms with Crippen LogP contribution in [-0.2, 0) is 14.1 Å². The van der Waals surface area contributed by atoms with Crippen LogP contribution in [0, 0.1) is 13.8 Å². The van der Waals surface area contributed by atoms with E-state index in [4.69, 9.17) is 0 Å². The number of benzene rings is 5. The zero-order valence-corrected chi connectivity index (χ0v) is 24.7. The van der Waals surface area contributed by atoms with E-state index >= 15 is 0 Å². The van der Waals surface area contributed by atoms with Crippen LogP contribution < -0.4 is 11.1 Å². The second-order valence-corrected chi connectivity index (χ2v) is 11.1. The Morgan fingerprint density at radius 2 is 0.860 bits per heavy atom. The van der Waals surface area contributed by atoms with E-state index in [1.165, 1.54) is 0 Å². The Morgan fingerprint density at radius 3 is 1.28 bits per heavy atom. The minimum Gasteiger partial charge on any atom is -0.285 e. The maximum atomic E-state index is 14.7. The summed E-state index contributed by atoms with van der Waals surface area (Å²) in [6, 6.07) is 38.0. The molecule has 0 spiro atoms. The topological polar surface area (TPSA) is 53.9 Å². The Labute approximate surface area is 249 Å². The van der Waals surface area contributed by atoms with Gasteiger partial charge in [-0.3, -0.25) is 19.0 Å².